The van der Waals surface area contributed by atoms with Crippen molar-refractivity contribution < 1.29 is 18.0 Å². The van der Waals surface area contributed by atoms with Crippen LogP contribution in [0.2, 0.25) is 5.02 Å². The molecule has 0 fully saturated rings. The third-order valence-electron chi connectivity index (χ3n) is 4.82. The third kappa shape index (κ3) is 4.67. The molecule has 0 unspecified atom stereocenters. The Labute approximate surface area is 189 Å². The summed E-state index contributed by atoms with van der Waals surface area (Å²) in [5, 5.41) is 7.21. The first-order valence-corrected chi connectivity index (χ1v) is 9.92. The molecule has 1 amide bonds. The number of aromatic amines is 1. The number of nitrogens with one attached hydrogen (secondary N) is 2. The molecule has 2 aromatic heterocycles. The van der Waals surface area contributed by atoms with E-state index in [0.717, 1.165) is 28.9 Å². The number of H-pyrrole nitrogens is 1. The van der Waals surface area contributed by atoms with E-state index < -0.39 is 17.4 Å². The lowest BCUT2D eigenvalue weighted by molar-refractivity contribution is -0.137. The van der Waals surface area contributed by atoms with Crippen LogP contribution in [0.4, 0.5) is 13.2 Å². The van der Waals surface area contributed by atoms with Gasteiger partial charge < -0.3 is 9.88 Å². The van der Waals surface area contributed by atoms with E-state index in [0.29, 0.717) is 16.1 Å². The van der Waals surface area contributed by atoms with Gasteiger partial charge in [-0.2, -0.15) is 17.9 Å². The molecular weight excluding hydrogens is 461 g/mol. The first kappa shape index (κ1) is 22.3. The molecule has 2 N–H and O–H groups in total. The predicted octanol–water partition coefficient (Wildman–Crippen LogP) is 3.56. The molecule has 8 nitrogen and oxygen atoms in total. The highest BCUT2D eigenvalue weighted by atomic mass is 35.5. The third-order valence-corrected chi connectivity index (χ3v) is 5.15. The van der Waals surface area contributed by atoms with Gasteiger partial charge >= 0.3 is 11.9 Å². The second kappa shape index (κ2) is 8.58. The molecule has 0 atom stereocenters. The van der Waals surface area contributed by atoms with Crippen molar-refractivity contribution in [2.24, 2.45) is 7.05 Å². The number of hydrogen-bond donors (Lipinski definition) is 2. The van der Waals surface area contributed by atoms with Crippen LogP contribution in [0.5, 0.6) is 0 Å². The van der Waals surface area contributed by atoms with Crippen LogP contribution in [0, 0.1) is 0 Å². The highest BCUT2D eigenvalue weighted by Crippen LogP contribution is 2.30. The standard InChI is InChI=1S/C21H16ClF3N6O2/c1-30-9-8-26-18(30)19(32)27-11-12-2-7-16(22)15(10-12)17-28-20(33)31(29-17)14-5-3-13(4-6-14)21(23,24)25/h2-10H,11H2,1H3,(H,27,32)(H,28,29,33). The first-order valence-electron chi connectivity index (χ1n) is 9.55. The molecule has 170 valence electrons. The van der Waals surface area contributed by atoms with Gasteiger partial charge in [0.2, 0.25) is 0 Å². The summed E-state index contributed by atoms with van der Waals surface area (Å²) < 4.78 is 40.9. The van der Waals surface area contributed by atoms with Gasteiger partial charge in [0.25, 0.3) is 5.91 Å². The molecule has 0 saturated carbocycles. The predicted molar refractivity (Wildman–Crippen MR) is 114 cm³/mol. The number of amides is 1. The Morgan fingerprint density at radius 1 is 1.18 bits per heavy atom. The zero-order valence-electron chi connectivity index (χ0n) is 17.0. The van der Waals surface area contributed by atoms with E-state index in [1.54, 1.807) is 36.0 Å². The van der Waals surface area contributed by atoms with Crippen molar-refractivity contribution in [3.8, 4) is 17.1 Å². The zero-order valence-corrected chi connectivity index (χ0v) is 17.8. The molecule has 0 bridgehead atoms. The lowest BCUT2D eigenvalue weighted by Crippen LogP contribution is -2.25. The lowest BCUT2D eigenvalue weighted by Gasteiger charge is -2.08. The molecule has 0 radical (unpaired) electrons. The highest BCUT2D eigenvalue weighted by molar-refractivity contribution is 6.33. The van der Waals surface area contributed by atoms with Gasteiger partial charge in [-0.3, -0.25) is 9.78 Å². The zero-order chi connectivity index (χ0) is 23.8. The van der Waals surface area contributed by atoms with E-state index >= 15 is 0 Å². The van der Waals surface area contributed by atoms with Crippen molar-refractivity contribution >= 4 is 17.5 Å². The molecule has 4 rings (SSSR count). The van der Waals surface area contributed by atoms with Crippen molar-refractivity contribution in [2.75, 3.05) is 0 Å². The number of nitrogens with zero attached hydrogens (tertiary/aromatic N) is 4. The number of alkyl halides is 3. The summed E-state index contributed by atoms with van der Waals surface area (Å²) in [7, 11) is 1.70. The molecule has 33 heavy (non-hydrogen) atoms. The first-order chi connectivity index (χ1) is 15.6. The van der Waals surface area contributed by atoms with Crippen LogP contribution in [0.25, 0.3) is 17.1 Å². The minimum Gasteiger partial charge on any atom is -0.345 e. The van der Waals surface area contributed by atoms with Gasteiger partial charge in [-0.1, -0.05) is 17.7 Å². The van der Waals surface area contributed by atoms with Crippen LogP contribution in [0.1, 0.15) is 21.7 Å². The van der Waals surface area contributed by atoms with E-state index in [4.69, 9.17) is 11.6 Å². The molecule has 2 heterocycles. The van der Waals surface area contributed by atoms with E-state index in [1.807, 2.05) is 0 Å². The van der Waals surface area contributed by atoms with Crippen LogP contribution in [-0.2, 0) is 19.8 Å². The number of aromatic nitrogens is 5. The topological polar surface area (TPSA) is 97.6 Å². The SMILES string of the molecule is Cn1ccnc1C(=O)NCc1ccc(Cl)c(-c2nn(-c3ccc(C(F)(F)F)cc3)c(=O)[nH]2)c1. The van der Waals surface area contributed by atoms with Crippen molar-refractivity contribution in [1.82, 2.24) is 29.6 Å². The van der Waals surface area contributed by atoms with Gasteiger partial charge in [-0.15, -0.1) is 5.10 Å². The Kier molecular flexibility index (Phi) is 5.81. The van der Waals surface area contributed by atoms with Gasteiger partial charge in [0.1, 0.15) is 0 Å². The molecule has 0 aliphatic heterocycles. The number of hydrogen-bond acceptors (Lipinski definition) is 4. The number of aryl methyl sites for hydroxylation is 1. The monoisotopic (exact) mass is 476 g/mol. The molecule has 0 aliphatic carbocycles. The Bertz CT molecular complexity index is 1370. The average Bonchev–Trinajstić information content (AvgIpc) is 3.38. The summed E-state index contributed by atoms with van der Waals surface area (Å²) in [4.78, 5) is 31.2. The van der Waals surface area contributed by atoms with Crippen molar-refractivity contribution in [1.29, 1.82) is 0 Å². The molecular formula is C21H16ClF3N6O2. The van der Waals surface area contributed by atoms with Crippen LogP contribution < -0.4 is 11.0 Å². The Balaban J connectivity index is 1.58. The molecule has 12 heteroatoms. The summed E-state index contributed by atoms with van der Waals surface area (Å²) in [6.45, 7) is 0.166. The maximum Gasteiger partial charge on any atom is 0.416 e. The minimum absolute atomic E-state index is 0.127. The molecule has 4 aromatic rings. The van der Waals surface area contributed by atoms with Gasteiger partial charge in [-0.05, 0) is 42.0 Å². The van der Waals surface area contributed by atoms with E-state index in [9.17, 15) is 22.8 Å². The maximum absolute atomic E-state index is 12.8. The van der Waals surface area contributed by atoms with Crippen molar-refractivity contribution in [2.45, 2.75) is 12.7 Å². The number of imidazole rings is 1. The fraction of sp³-hybridized carbons (Fsp3) is 0.143. The summed E-state index contributed by atoms with van der Waals surface area (Å²) in [5.74, 6) is 0.0185. The molecule has 0 spiro atoms. The molecule has 0 aliphatic rings. The summed E-state index contributed by atoms with van der Waals surface area (Å²) in [5.41, 5.74) is -0.247. The highest BCUT2D eigenvalue weighted by Gasteiger charge is 2.30. The Morgan fingerprint density at radius 3 is 2.55 bits per heavy atom. The van der Waals surface area contributed by atoms with Crippen LogP contribution >= 0.6 is 11.6 Å². The number of halogens is 4. The second-order valence-corrected chi connectivity index (χ2v) is 7.50. The number of carbonyl (C=O) groups excluding carboxylic acids is 1. The number of rotatable bonds is 5. The normalized spacial score (nSPS) is 11.5. The smallest absolute Gasteiger partial charge is 0.345 e. The fourth-order valence-electron chi connectivity index (χ4n) is 3.12. The number of benzene rings is 2. The van der Waals surface area contributed by atoms with E-state index in [1.165, 1.54) is 6.20 Å². The quantitative estimate of drug-likeness (QED) is 0.460. The Morgan fingerprint density at radius 2 is 1.91 bits per heavy atom. The van der Waals surface area contributed by atoms with Crippen LogP contribution in [-0.4, -0.2) is 30.2 Å². The van der Waals surface area contributed by atoms with Gasteiger partial charge in [0.15, 0.2) is 11.6 Å². The van der Waals surface area contributed by atoms with E-state index in [2.05, 4.69) is 20.4 Å². The molecule has 0 saturated heterocycles. The molecule has 2 aromatic carbocycles. The van der Waals surface area contributed by atoms with Crippen LogP contribution in [0.3, 0.4) is 0 Å². The lowest BCUT2D eigenvalue weighted by atomic mass is 10.1. The van der Waals surface area contributed by atoms with Gasteiger partial charge in [0.05, 0.1) is 16.3 Å². The van der Waals surface area contributed by atoms with E-state index in [-0.39, 0.29) is 29.8 Å². The minimum atomic E-state index is -4.49. The second-order valence-electron chi connectivity index (χ2n) is 7.09. The largest absolute Gasteiger partial charge is 0.416 e. The average molecular weight is 477 g/mol. The van der Waals surface area contributed by atoms with Crippen molar-refractivity contribution in [3.05, 3.63) is 87.3 Å². The number of carbonyl (C=O) groups is 1. The van der Waals surface area contributed by atoms with Gasteiger partial charge in [-0.25, -0.2) is 9.78 Å². The Hall–Kier alpha value is -3.86. The summed E-state index contributed by atoms with van der Waals surface area (Å²) >= 11 is 6.28. The van der Waals surface area contributed by atoms with Crippen molar-refractivity contribution in [3.63, 3.8) is 0 Å². The maximum atomic E-state index is 12.8. The fourth-order valence-corrected chi connectivity index (χ4v) is 3.33. The van der Waals surface area contributed by atoms with Gasteiger partial charge in [0, 0.05) is 31.5 Å². The summed E-state index contributed by atoms with van der Waals surface area (Å²) in [6.07, 6.45) is -1.32. The summed E-state index contributed by atoms with van der Waals surface area (Å²) in [6, 6.07) is 8.99. The van der Waals surface area contributed by atoms with Crippen LogP contribution in [0.15, 0.2) is 59.7 Å².